The molecule has 0 aliphatic carbocycles. The van der Waals surface area contributed by atoms with Crippen LogP contribution < -0.4 is 5.32 Å². The number of ether oxygens (including phenoxy) is 1. The predicted molar refractivity (Wildman–Crippen MR) is 53.9 cm³/mol. The third kappa shape index (κ3) is 2.53. The summed E-state index contributed by atoms with van der Waals surface area (Å²) in [4.78, 5) is 0. The van der Waals surface area contributed by atoms with Gasteiger partial charge in [0.25, 0.3) is 0 Å². The van der Waals surface area contributed by atoms with Crippen molar-refractivity contribution in [1.29, 1.82) is 0 Å². The van der Waals surface area contributed by atoms with E-state index in [2.05, 4.69) is 5.32 Å². The van der Waals surface area contributed by atoms with Gasteiger partial charge in [-0.1, -0.05) is 18.2 Å². The van der Waals surface area contributed by atoms with Crippen molar-refractivity contribution in [2.75, 3.05) is 13.2 Å². The highest BCUT2D eigenvalue weighted by molar-refractivity contribution is 5.17. The molecule has 3 nitrogen and oxygen atoms in total. The Morgan fingerprint density at radius 1 is 1.40 bits per heavy atom. The lowest BCUT2D eigenvalue weighted by atomic mass is 10.1. The molecule has 0 saturated carbocycles. The summed E-state index contributed by atoms with van der Waals surface area (Å²) in [6.45, 7) is 1.25. The maximum absolute atomic E-state index is 13.2. The topological polar surface area (TPSA) is 41.5 Å². The number of hydrogen-bond acceptors (Lipinski definition) is 3. The van der Waals surface area contributed by atoms with E-state index in [-0.39, 0.29) is 11.9 Å². The van der Waals surface area contributed by atoms with Crippen LogP contribution in [0.1, 0.15) is 5.56 Å². The van der Waals surface area contributed by atoms with Gasteiger partial charge in [-0.15, -0.1) is 0 Å². The van der Waals surface area contributed by atoms with Crippen LogP contribution in [0.3, 0.4) is 0 Å². The third-order valence-corrected chi connectivity index (χ3v) is 2.56. The molecule has 2 N–H and O–H groups in total. The Morgan fingerprint density at radius 2 is 2.20 bits per heavy atom. The van der Waals surface area contributed by atoms with Crippen molar-refractivity contribution in [1.82, 2.24) is 5.32 Å². The standard InChI is InChI=1S/C11H14FNO2/c12-9-4-2-1-3-8(9)5-13-10-6-15-7-11(10)14/h1-4,10-11,13-14H,5-7H2/t10-,11-/m1/s1. The van der Waals surface area contributed by atoms with Gasteiger partial charge in [0.1, 0.15) is 5.82 Å². The average Bonchev–Trinajstić information content (AvgIpc) is 2.63. The van der Waals surface area contributed by atoms with Crippen molar-refractivity contribution in [3.63, 3.8) is 0 Å². The van der Waals surface area contributed by atoms with Crippen LogP contribution in [0, 0.1) is 5.82 Å². The average molecular weight is 211 g/mol. The molecule has 1 aliphatic heterocycles. The minimum atomic E-state index is -0.489. The van der Waals surface area contributed by atoms with Crippen LogP contribution in [-0.2, 0) is 11.3 Å². The lowest BCUT2D eigenvalue weighted by molar-refractivity contribution is 0.122. The van der Waals surface area contributed by atoms with Crippen molar-refractivity contribution in [3.8, 4) is 0 Å². The lowest BCUT2D eigenvalue weighted by Gasteiger charge is -2.14. The second-order valence-corrected chi connectivity index (χ2v) is 3.68. The highest BCUT2D eigenvalue weighted by atomic mass is 19.1. The molecule has 2 rings (SSSR count). The van der Waals surface area contributed by atoms with Gasteiger partial charge in [-0.2, -0.15) is 0 Å². The molecule has 0 aromatic heterocycles. The van der Waals surface area contributed by atoms with E-state index in [4.69, 9.17) is 4.74 Å². The number of halogens is 1. The third-order valence-electron chi connectivity index (χ3n) is 2.56. The Kier molecular flexibility index (Phi) is 3.30. The highest BCUT2D eigenvalue weighted by Crippen LogP contribution is 2.09. The number of aliphatic hydroxyl groups is 1. The number of hydrogen-bond donors (Lipinski definition) is 2. The van der Waals surface area contributed by atoms with E-state index < -0.39 is 6.10 Å². The summed E-state index contributed by atoms with van der Waals surface area (Å²) in [5.41, 5.74) is 0.608. The molecule has 1 aliphatic rings. The summed E-state index contributed by atoms with van der Waals surface area (Å²) in [6, 6.07) is 6.52. The zero-order chi connectivity index (χ0) is 10.7. The Bertz CT molecular complexity index is 332. The van der Waals surface area contributed by atoms with Crippen molar-refractivity contribution in [2.24, 2.45) is 0 Å². The van der Waals surface area contributed by atoms with E-state index in [9.17, 15) is 9.50 Å². The molecular weight excluding hydrogens is 197 g/mol. The Balaban J connectivity index is 1.90. The van der Waals surface area contributed by atoms with Gasteiger partial charge in [0.05, 0.1) is 25.4 Å². The van der Waals surface area contributed by atoms with Crippen LogP contribution in [0.2, 0.25) is 0 Å². The molecule has 4 heteroatoms. The first-order valence-corrected chi connectivity index (χ1v) is 5.00. The monoisotopic (exact) mass is 211 g/mol. The van der Waals surface area contributed by atoms with Crippen molar-refractivity contribution >= 4 is 0 Å². The first-order chi connectivity index (χ1) is 7.27. The van der Waals surface area contributed by atoms with E-state index in [0.29, 0.717) is 25.3 Å². The fourth-order valence-corrected chi connectivity index (χ4v) is 1.62. The van der Waals surface area contributed by atoms with Crippen LogP contribution in [-0.4, -0.2) is 30.5 Å². The van der Waals surface area contributed by atoms with Gasteiger partial charge >= 0.3 is 0 Å². The smallest absolute Gasteiger partial charge is 0.127 e. The summed E-state index contributed by atoms with van der Waals surface area (Å²) in [5.74, 6) is -0.224. The van der Waals surface area contributed by atoms with Gasteiger partial charge in [-0.05, 0) is 6.07 Å². The second kappa shape index (κ2) is 4.70. The highest BCUT2D eigenvalue weighted by Gasteiger charge is 2.25. The van der Waals surface area contributed by atoms with E-state index in [1.54, 1.807) is 18.2 Å². The van der Waals surface area contributed by atoms with E-state index in [0.717, 1.165) is 0 Å². The Hall–Kier alpha value is -0.970. The molecule has 0 radical (unpaired) electrons. The van der Waals surface area contributed by atoms with E-state index >= 15 is 0 Å². The van der Waals surface area contributed by atoms with Crippen LogP contribution in [0.5, 0.6) is 0 Å². The fraction of sp³-hybridized carbons (Fsp3) is 0.455. The zero-order valence-corrected chi connectivity index (χ0v) is 8.32. The van der Waals surface area contributed by atoms with Crippen molar-refractivity contribution in [2.45, 2.75) is 18.7 Å². The largest absolute Gasteiger partial charge is 0.389 e. The maximum atomic E-state index is 13.2. The molecule has 0 amide bonds. The molecule has 2 atom stereocenters. The summed E-state index contributed by atoms with van der Waals surface area (Å²) < 4.78 is 18.3. The number of rotatable bonds is 3. The maximum Gasteiger partial charge on any atom is 0.127 e. The van der Waals surface area contributed by atoms with Crippen molar-refractivity contribution in [3.05, 3.63) is 35.6 Å². The van der Waals surface area contributed by atoms with Gasteiger partial charge in [0.2, 0.25) is 0 Å². The van der Waals surface area contributed by atoms with Gasteiger partial charge in [-0.25, -0.2) is 4.39 Å². The number of nitrogens with one attached hydrogen (secondary N) is 1. The number of aliphatic hydroxyl groups excluding tert-OH is 1. The summed E-state index contributed by atoms with van der Waals surface area (Å²) in [6.07, 6.45) is -0.489. The Labute approximate surface area is 87.9 Å². The molecule has 1 heterocycles. The number of benzene rings is 1. The predicted octanol–water partition coefficient (Wildman–Crippen LogP) is 0.675. The molecule has 1 aromatic rings. The summed E-state index contributed by atoms with van der Waals surface area (Å²) >= 11 is 0. The quantitative estimate of drug-likeness (QED) is 0.772. The van der Waals surface area contributed by atoms with Crippen molar-refractivity contribution < 1.29 is 14.2 Å². The SMILES string of the molecule is O[C@@H]1COC[C@H]1NCc1ccccc1F. The zero-order valence-electron chi connectivity index (χ0n) is 8.32. The molecule has 0 bridgehead atoms. The molecular formula is C11H14FNO2. The fourth-order valence-electron chi connectivity index (χ4n) is 1.62. The van der Waals surface area contributed by atoms with E-state index in [1.807, 2.05) is 0 Å². The minimum absolute atomic E-state index is 0.0930. The molecule has 0 spiro atoms. The van der Waals surface area contributed by atoms with Crippen LogP contribution in [0.25, 0.3) is 0 Å². The van der Waals surface area contributed by atoms with Gasteiger partial charge < -0.3 is 15.2 Å². The van der Waals surface area contributed by atoms with Gasteiger partial charge in [-0.3, -0.25) is 0 Å². The van der Waals surface area contributed by atoms with E-state index in [1.165, 1.54) is 6.07 Å². The van der Waals surface area contributed by atoms with Gasteiger partial charge in [0, 0.05) is 12.1 Å². The lowest BCUT2D eigenvalue weighted by Crippen LogP contribution is -2.38. The molecule has 1 aromatic carbocycles. The molecule has 0 unspecified atom stereocenters. The summed E-state index contributed by atoms with van der Waals surface area (Å²) in [5, 5.41) is 12.5. The second-order valence-electron chi connectivity index (χ2n) is 3.68. The molecule has 1 saturated heterocycles. The first-order valence-electron chi connectivity index (χ1n) is 5.00. The van der Waals surface area contributed by atoms with Crippen LogP contribution in [0.15, 0.2) is 24.3 Å². The summed E-state index contributed by atoms with van der Waals surface area (Å²) in [7, 11) is 0. The molecule has 15 heavy (non-hydrogen) atoms. The van der Waals surface area contributed by atoms with Crippen LogP contribution in [0.4, 0.5) is 4.39 Å². The Morgan fingerprint density at radius 3 is 2.87 bits per heavy atom. The molecule has 1 fully saturated rings. The normalized spacial score (nSPS) is 25.7. The van der Waals surface area contributed by atoms with Gasteiger partial charge in [0.15, 0.2) is 0 Å². The first kappa shape index (κ1) is 10.5. The van der Waals surface area contributed by atoms with Crippen LogP contribution >= 0.6 is 0 Å². The minimum Gasteiger partial charge on any atom is -0.389 e. The molecule has 82 valence electrons.